The van der Waals surface area contributed by atoms with Crippen LogP contribution in [0.25, 0.3) is 0 Å². The van der Waals surface area contributed by atoms with Crippen LogP contribution in [0.3, 0.4) is 0 Å². The van der Waals surface area contributed by atoms with E-state index in [2.05, 4.69) is 20.7 Å². The van der Waals surface area contributed by atoms with Gasteiger partial charge in [-0.25, -0.2) is 0 Å². The van der Waals surface area contributed by atoms with Crippen molar-refractivity contribution in [1.29, 1.82) is 0 Å². The van der Waals surface area contributed by atoms with E-state index in [1.165, 1.54) is 9.70 Å². The highest BCUT2D eigenvalue weighted by Gasteiger charge is 2.27. The van der Waals surface area contributed by atoms with Crippen LogP contribution >= 0.6 is 0 Å². The van der Waals surface area contributed by atoms with Gasteiger partial charge in [0.2, 0.25) is 5.91 Å². The molecule has 0 aliphatic carbocycles. The highest BCUT2D eigenvalue weighted by atomic mass is 16.2. The normalized spacial score (nSPS) is 14.8. The van der Waals surface area contributed by atoms with E-state index in [9.17, 15) is 9.59 Å². The average molecular weight is 272 g/mol. The number of amides is 2. The summed E-state index contributed by atoms with van der Waals surface area (Å²) in [5.41, 5.74) is 1.02. The second kappa shape index (κ2) is 4.72. The van der Waals surface area contributed by atoms with E-state index in [-0.39, 0.29) is 24.9 Å². The molecule has 20 heavy (non-hydrogen) atoms. The van der Waals surface area contributed by atoms with Crippen molar-refractivity contribution < 1.29 is 9.59 Å². The summed E-state index contributed by atoms with van der Waals surface area (Å²) in [6.45, 7) is 0.131. The zero-order chi connectivity index (χ0) is 14.1. The molecular weight excluding hydrogens is 260 g/mol. The minimum absolute atomic E-state index is 0.0478. The van der Waals surface area contributed by atoms with Crippen LogP contribution < -0.4 is 10.2 Å². The fourth-order valence-corrected chi connectivity index (χ4v) is 2.08. The molecule has 8 heteroatoms. The molecule has 3 rings (SSSR count). The minimum atomic E-state index is -0.261. The SMILES string of the molecule is Cn1nnc(CN2C(=O)CNC(=O)c3ccccc32)n1. The molecule has 2 heterocycles. The van der Waals surface area contributed by atoms with E-state index < -0.39 is 0 Å². The van der Waals surface area contributed by atoms with Gasteiger partial charge >= 0.3 is 0 Å². The number of benzene rings is 1. The second-order valence-electron chi connectivity index (χ2n) is 4.37. The van der Waals surface area contributed by atoms with Crippen LogP contribution in [0.5, 0.6) is 0 Å². The van der Waals surface area contributed by atoms with Crippen LogP contribution in [0.2, 0.25) is 0 Å². The average Bonchev–Trinajstić information content (AvgIpc) is 2.82. The number of fused-ring (bicyclic) bond motifs is 1. The van der Waals surface area contributed by atoms with E-state index in [1.807, 2.05) is 0 Å². The second-order valence-corrected chi connectivity index (χ2v) is 4.37. The number of nitrogens with one attached hydrogen (secondary N) is 1. The van der Waals surface area contributed by atoms with Crippen LogP contribution in [0.1, 0.15) is 16.2 Å². The summed E-state index contributed by atoms with van der Waals surface area (Å²) in [7, 11) is 1.65. The third-order valence-electron chi connectivity index (χ3n) is 2.99. The topological polar surface area (TPSA) is 93.0 Å². The number of nitrogens with zero attached hydrogens (tertiary/aromatic N) is 5. The van der Waals surface area contributed by atoms with Gasteiger partial charge in [0.05, 0.1) is 31.4 Å². The molecular formula is C12H12N6O2. The van der Waals surface area contributed by atoms with Crippen LogP contribution in [-0.2, 0) is 18.4 Å². The molecule has 1 aromatic carbocycles. The van der Waals surface area contributed by atoms with Gasteiger partial charge in [0, 0.05) is 0 Å². The van der Waals surface area contributed by atoms with E-state index in [4.69, 9.17) is 0 Å². The zero-order valence-electron chi connectivity index (χ0n) is 10.8. The van der Waals surface area contributed by atoms with Crippen LogP contribution in [0.15, 0.2) is 24.3 Å². The van der Waals surface area contributed by atoms with Crippen molar-refractivity contribution in [2.24, 2.45) is 7.05 Å². The van der Waals surface area contributed by atoms with Gasteiger partial charge in [-0.05, 0) is 17.3 Å². The van der Waals surface area contributed by atoms with Gasteiger partial charge in [0.25, 0.3) is 5.91 Å². The summed E-state index contributed by atoms with van der Waals surface area (Å²) in [6.07, 6.45) is 0. The molecule has 0 saturated heterocycles. The molecule has 2 aromatic rings. The van der Waals surface area contributed by atoms with Crippen molar-refractivity contribution in [2.75, 3.05) is 11.4 Å². The zero-order valence-corrected chi connectivity index (χ0v) is 10.8. The number of hydrogen-bond acceptors (Lipinski definition) is 5. The largest absolute Gasteiger partial charge is 0.343 e. The molecule has 1 N–H and O–H groups in total. The van der Waals surface area contributed by atoms with E-state index >= 15 is 0 Å². The molecule has 1 aromatic heterocycles. The lowest BCUT2D eigenvalue weighted by molar-refractivity contribution is -0.117. The molecule has 0 unspecified atom stereocenters. The van der Waals surface area contributed by atoms with Crippen LogP contribution in [-0.4, -0.2) is 38.6 Å². The quantitative estimate of drug-likeness (QED) is 0.794. The molecule has 2 amide bonds. The lowest BCUT2D eigenvalue weighted by Crippen LogP contribution is -2.36. The Balaban J connectivity index is 2.01. The number of rotatable bonds is 2. The van der Waals surface area contributed by atoms with Gasteiger partial charge < -0.3 is 10.2 Å². The highest BCUT2D eigenvalue weighted by Crippen LogP contribution is 2.23. The van der Waals surface area contributed by atoms with Crippen LogP contribution in [0, 0.1) is 0 Å². The number of aryl methyl sites for hydroxylation is 1. The standard InChI is InChI=1S/C12H12N6O2/c1-17-15-10(14-16-17)7-18-9-5-3-2-4-8(9)12(20)13-6-11(18)19/h2-5H,6-7H2,1H3,(H,13,20). The molecule has 0 bridgehead atoms. The minimum Gasteiger partial charge on any atom is -0.343 e. The monoisotopic (exact) mass is 272 g/mol. The summed E-state index contributed by atoms with van der Waals surface area (Å²) in [5.74, 6) is -0.0516. The molecule has 102 valence electrons. The smallest absolute Gasteiger partial charge is 0.253 e. The van der Waals surface area contributed by atoms with Gasteiger partial charge in [-0.2, -0.15) is 4.80 Å². The lowest BCUT2D eigenvalue weighted by atomic mass is 10.1. The summed E-state index contributed by atoms with van der Waals surface area (Å²) in [5, 5.41) is 14.2. The molecule has 0 fully saturated rings. The number of hydrogen-bond donors (Lipinski definition) is 1. The Hall–Kier alpha value is -2.77. The maximum atomic E-state index is 12.2. The number of tetrazole rings is 1. The molecule has 0 saturated carbocycles. The summed E-state index contributed by atoms with van der Waals surface area (Å²) in [6, 6.07) is 6.95. The van der Waals surface area contributed by atoms with Crippen molar-refractivity contribution in [3.63, 3.8) is 0 Å². The van der Waals surface area contributed by atoms with Crippen molar-refractivity contribution in [2.45, 2.75) is 6.54 Å². The van der Waals surface area contributed by atoms with Gasteiger partial charge in [-0.1, -0.05) is 12.1 Å². The number of aromatic nitrogens is 4. The molecule has 1 aliphatic rings. The third kappa shape index (κ3) is 2.11. The van der Waals surface area contributed by atoms with E-state index in [0.717, 1.165) is 0 Å². The predicted octanol–water partition coefficient (Wildman–Crippen LogP) is -0.513. The Bertz CT molecular complexity index is 680. The summed E-state index contributed by atoms with van der Waals surface area (Å²) < 4.78 is 0. The Morgan fingerprint density at radius 2 is 2.10 bits per heavy atom. The lowest BCUT2D eigenvalue weighted by Gasteiger charge is -2.20. The van der Waals surface area contributed by atoms with Crippen molar-refractivity contribution in [1.82, 2.24) is 25.5 Å². The molecule has 0 atom stereocenters. The van der Waals surface area contributed by atoms with E-state index in [1.54, 1.807) is 31.3 Å². The first kappa shape index (κ1) is 12.3. The summed E-state index contributed by atoms with van der Waals surface area (Å²) >= 11 is 0. The molecule has 1 aliphatic heterocycles. The first-order valence-electron chi connectivity index (χ1n) is 6.05. The molecule has 0 radical (unpaired) electrons. The fourth-order valence-electron chi connectivity index (χ4n) is 2.08. The fraction of sp³-hybridized carbons (Fsp3) is 0.250. The maximum Gasteiger partial charge on any atom is 0.253 e. The van der Waals surface area contributed by atoms with Crippen molar-refractivity contribution >= 4 is 17.5 Å². The first-order valence-corrected chi connectivity index (χ1v) is 6.05. The number of para-hydroxylation sites is 1. The maximum absolute atomic E-state index is 12.2. The number of anilines is 1. The number of carbonyl (C=O) groups is 2. The first-order chi connectivity index (χ1) is 9.65. The van der Waals surface area contributed by atoms with Crippen molar-refractivity contribution in [3.8, 4) is 0 Å². The Kier molecular flexibility index (Phi) is 2.90. The molecule has 8 nitrogen and oxygen atoms in total. The number of carbonyl (C=O) groups excluding carboxylic acids is 2. The van der Waals surface area contributed by atoms with Gasteiger partial charge in [0.1, 0.15) is 0 Å². The Morgan fingerprint density at radius 1 is 1.30 bits per heavy atom. The van der Waals surface area contributed by atoms with Gasteiger partial charge in [-0.15, -0.1) is 10.2 Å². The van der Waals surface area contributed by atoms with Gasteiger partial charge in [0.15, 0.2) is 5.82 Å². The van der Waals surface area contributed by atoms with E-state index in [0.29, 0.717) is 17.1 Å². The van der Waals surface area contributed by atoms with Crippen LogP contribution in [0.4, 0.5) is 5.69 Å². The molecule has 0 spiro atoms. The summed E-state index contributed by atoms with van der Waals surface area (Å²) in [4.78, 5) is 26.9. The highest BCUT2D eigenvalue weighted by molar-refractivity contribution is 6.09. The predicted molar refractivity (Wildman–Crippen MR) is 68.8 cm³/mol. The third-order valence-corrected chi connectivity index (χ3v) is 2.99. The van der Waals surface area contributed by atoms with Gasteiger partial charge in [-0.3, -0.25) is 9.59 Å². The Labute approximate surface area is 114 Å². The Morgan fingerprint density at radius 3 is 2.85 bits per heavy atom. The van der Waals surface area contributed by atoms with Crippen molar-refractivity contribution in [3.05, 3.63) is 35.7 Å².